The minimum Gasteiger partial charge on any atom is -0.402 e. The van der Waals surface area contributed by atoms with Gasteiger partial charge in [-0.15, -0.1) is 0 Å². The van der Waals surface area contributed by atoms with Crippen LogP contribution < -0.4 is 21.3 Å². The first-order valence-electron chi connectivity index (χ1n) is 21.3. The Morgan fingerprint density at radius 2 is 1.48 bits per heavy atom. The molecule has 7 aliphatic rings. The van der Waals surface area contributed by atoms with E-state index in [0.29, 0.717) is 67.8 Å². The van der Waals surface area contributed by atoms with Crippen LogP contribution in [0.2, 0.25) is 5.04 Å². The molecule has 3 saturated carbocycles. The van der Waals surface area contributed by atoms with E-state index in [1.54, 1.807) is 4.31 Å². The summed E-state index contributed by atoms with van der Waals surface area (Å²) in [5.74, 6) is 2.91. The topological polar surface area (TPSA) is 92.4 Å². The summed E-state index contributed by atoms with van der Waals surface area (Å²) in [5, 5.41) is 4.90. The van der Waals surface area contributed by atoms with Crippen LogP contribution in [0.25, 0.3) is 0 Å². The fourth-order valence-corrected chi connectivity index (χ4v) is 17.7. The molecule has 9 rings (SSSR count). The fraction of sp³-hybridized carbons (Fsp3) is 0.721. The molecule has 9 nitrogen and oxygen atoms in total. The van der Waals surface area contributed by atoms with Crippen molar-refractivity contribution in [3.63, 3.8) is 0 Å². The fourth-order valence-electron chi connectivity index (χ4n) is 11.6. The zero-order valence-corrected chi connectivity index (χ0v) is 35.2. The van der Waals surface area contributed by atoms with Crippen molar-refractivity contribution in [1.82, 2.24) is 20.3 Å². The number of nitrogens with one attached hydrogen (secondary N) is 2. The van der Waals surface area contributed by atoms with E-state index in [0.717, 1.165) is 32.2 Å². The molecular weight excluding hydrogens is 713 g/mol. The van der Waals surface area contributed by atoms with E-state index in [9.17, 15) is 8.42 Å². The Morgan fingerprint density at radius 3 is 2.19 bits per heavy atom. The molecule has 4 aliphatic heterocycles. The van der Waals surface area contributed by atoms with Crippen LogP contribution in [0.15, 0.2) is 60.7 Å². The van der Waals surface area contributed by atoms with Crippen molar-refractivity contribution in [2.24, 2.45) is 35.5 Å². The number of benzene rings is 2. The molecule has 2 N–H and O–H groups in total. The standard InChI is InChI=1S/C43H66N4O5SSi/c1-30-16-17-32-24-33-18-20-40-42(31(33)2)44-45-47(40)23-22-37(52-54(43(3,4)5,38-12-8-6-9-13-38)39-14-10-7-11-15-39)29-50-36-19-21-41-35(26-36)28-46(27-34(30)25-32)53(48,49)51-41/h6-15,30-37,40-42,44-45H,16-29H2,1-5H3/t30?,31?,32?,33?,34?,35?,36?,37-,40?,41?,42?/m1/s1. The maximum absolute atomic E-state index is 13.6. The third-order valence-corrected chi connectivity index (χ3v) is 21.2. The Hall–Kier alpha value is -1.67. The summed E-state index contributed by atoms with van der Waals surface area (Å²) in [6, 6.07) is 22.7. The van der Waals surface area contributed by atoms with Gasteiger partial charge in [0.2, 0.25) is 0 Å². The van der Waals surface area contributed by atoms with Crippen molar-refractivity contribution in [3.05, 3.63) is 60.7 Å². The highest BCUT2D eigenvalue weighted by atomic mass is 32.2. The van der Waals surface area contributed by atoms with Gasteiger partial charge in [0, 0.05) is 37.6 Å². The second-order valence-corrected chi connectivity index (χ2v) is 24.8. The van der Waals surface area contributed by atoms with Crippen LogP contribution in [-0.2, 0) is 23.7 Å². The molecule has 7 fully saturated rings. The third-order valence-electron chi connectivity index (χ3n) is 14.7. The molecular formula is C43H66N4O5SSi. The van der Waals surface area contributed by atoms with Crippen molar-refractivity contribution in [2.75, 3.05) is 26.2 Å². The molecule has 9 bridgehead atoms. The zero-order chi connectivity index (χ0) is 37.7. The van der Waals surface area contributed by atoms with Crippen LogP contribution in [0.4, 0.5) is 0 Å². The Bertz CT molecular complexity index is 1620. The summed E-state index contributed by atoms with van der Waals surface area (Å²) in [6.07, 6.45) is 10.0. The first kappa shape index (κ1) is 39.2. The van der Waals surface area contributed by atoms with Gasteiger partial charge in [0.1, 0.15) is 0 Å². The highest BCUT2D eigenvalue weighted by Crippen LogP contribution is 2.45. The molecule has 3 aliphatic carbocycles. The average molecular weight is 779 g/mol. The number of ether oxygens (including phenoxy) is 1. The summed E-state index contributed by atoms with van der Waals surface area (Å²) >= 11 is 0. The molecule has 0 aromatic heterocycles. The Balaban J connectivity index is 1.11. The number of nitrogens with zero attached hydrogens (tertiary/aromatic N) is 2. The molecule has 0 amide bonds. The minimum absolute atomic E-state index is 0.0402. The maximum atomic E-state index is 13.6. The van der Waals surface area contributed by atoms with Crippen LogP contribution in [0, 0.1) is 35.5 Å². The molecule has 4 saturated heterocycles. The molecule has 2 aromatic carbocycles. The minimum atomic E-state index is -3.75. The van der Waals surface area contributed by atoms with E-state index in [2.05, 4.69) is 111 Å². The van der Waals surface area contributed by atoms with E-state index in [4.69, 9.17) is 13.3 Å². The van der Waals surface area contributed by atoms with Crippen LogP contribution in [-0.4, -0.2) is 82.7 Å². The van der Waals surface area contributed by atoms with Crippen molar-refractivity contribution in [3.8, 4) is 0 Å². The lowest BCUT2D eigenvalue weighted by Crippen LogP contribution is -2.68. The largest absolute Gasteiger partial charge is 0.402 e. The average Bonchev–Trinajstić information content (AvgIpc) is 3.57. The smallest absolute Gasteiger partial charge is 0.338 e. The summed E-state index contributed by atoms with van der Waals surface area (Å²) in [5.41, 5.74) is 7.40. The lowest BCUT2D eigenvalue weighted by Gasteiger charge is -2.46. The molecule has 54 heavy (non-hydrogen) atoms. The summed E-state index contributed by atoms with van der Waals surface area (Å²) in [6.45, 7) is 14.3. The third kappa shape index (κ3) is 7.80. The molecule has 298 valence electrons. The van der Waals surface area contributed by atoms with Crippen molar-refractivity contribution < 1.29 is 21.8 Å². The number of hydrogen-bond donors (Lipinski definition) is 2. The highest BCUT2D eigenvalue weighted by molar-refractivity contribution is 7.84. The van der Waals surface area contributed by atoms with E-state index in [1.807, 2.05) is 0 Å². The van der Waals surface area contributed by atoms with Gasteiger partial charge in [0.15, 0.2) is 0 Å². The molecule has 0 spiro atoms. The Morgan fingerprint density at radius 1 is 0.796 bits per heavy atom. The number of hydrazine groups is 2. The maximum Gasteiger partial charge on any atom is 0.338 e. The normalized spacial score (nSPS) is 40.3. The first-order valence-corrected chi connectivity index (χ1v) is 24.5. The molecule has 11 heteroatoms. The molecule has 2 aromatic rings. The number of fused-ring (bicyclic) bond motifs is 5. The lowest BCUT2D eigenvalue weighted by atomic mass is 9.67. The lowest BCUT2D eigenvalue weighted by molar-refractivity contribution is -0.0653. The van der Waals surface area contributed by atoms with E-state index < -0.39 is 18.6 Å². The van der Waals surface area contributed by atoms with Crippen molar-refractivity contribution in [1.29, 1.82) is 0 Å². The van der Waals surface area contributed by atoms with Gasteiger partial charge >= 0.3 is 10.3 Å². The van der Waals surface area contributed by atoms with E-state index >= 15 is 0 Å². The Labute approximate surface area is 326 Å². The highest BCUT2D eigenvalue weighted by Gasteiger charge is 2.52. The monoisotopic (exact) mass is 778 g/mol. The van der Waals surface area contributed by atoms with Gasteiger partial charge in [-0.3, -0.25) is 4.18 Å². The van der Waals surface area contributed by atoms with Crippen LogP contribution in [0.3, 0.4) is 0 Å². The molecule has 13 atom stereocenters. The molecule has 12 unspecified atom stereocenters. The van der Waals surface area contributed by atoms with E-state index in [-0.39, 0.29) is 29.3 Å². The first-order chi connectivity index (χ1) is 25.9. The second kappa shape index (κ2) is 15.9. The summed E-state index contributed by atoms with van der Waals surface area (Å²) in [7, 11) is -6.59. The van der Waals surface area contributed by atoms with Crippen molar-refractivity contribution >= 4 is 29.0 Å². The van der Waals surface area contributed by atoms with Crippen molar-refractivity contribution in [2.45, 2.75) is 134 Å². The quantitative estimate of drug-likeness (QED) is 0.365. The second-order valence-electron chi connectivity index (χ2n) is 19.0. The van der Waals surface area contributed by atoms with Gasteiger partial charge in [-0.05, 0) is 96.4 Å². The van der Waals surface area contributed by atoms with Crippen LogP contribution in [0.5, 0.6) is 0 Å². The predicted octanol–water partition coefficient (Wildman–Crippen LogP) is 6.02. The molecule has 4 heterocycles. The van der Waals surface area contributed by atoms with Gasteiger partial charge in [-0.1, -0.05) is 108 Å². The Kier molecular flexibility index (Phi) is 11.6. The summed E-state index contributed by atoms with van der Waals surface area (Å²) in [4.78, 5) is 0. The predicted molar refractivity (Wildman–Crippen MR) is 217 cm³/mol. The van der Waals surface area contributed by atoms with Gasteiger partial charge in [-0.25, -0.2) is 10.4 Å². The van der Waals surface area contributed by atoms with Gasteiger partial charge < -0.3 is 9.16 Å². The van der Waals surface area contributed by atoms with Gasteiger partial charge in [0.25, 0.3) is 8.32 Å². The number of hydrogen-bond acceptors (Lipinski definition) is 8. The number of rotatable bonds is 4. The van der Waals surface area contributed by atoms with Gasteiger partial charge in [-0.2, -0.15) is 18.3 Å². The zero-order valence-electron chi connectivity index (χ0n) is 33.4. The molecule has 0 radical (unpaired) electrons. The SMILES string of the molecule is CC1CCC2CC1CN1CC3CC(CCC3OS1(=O)=O)OC[C@H](O[Si](c1ccccc1)(c1ccccc1)C(C)(C)C)CCN1NNC3C(C)C(CCC31)C2. The summed E-state index contributed by atoms with van der Waals surface area (Å²) < 4.78 is 49.6. The van der Waals surface area contributed by atoms with Crippen LogP contribution >= 0.6 is 0 Å². The van der Waals surface area contributed by atoms with Crippen LogP contribution in [0.1, 0.15) is 98.8 Å². The van der Waals surface area contributed by atoms with E-state index in [1.165, 1.54) is 42.5 Å². The van der Waals surface area contributed by atoms with Gasteiger partial charge in [0.05, 0.1) is 24.9 Å².